The zero-order valence-corrected chi connectivity index (χ0v) is 14.1. The van der Waals surface area contributed by atoms with Crippen LogP contribution in [-0.2, 0) is 13.0 Å². The fraction of sp³-hybridized carbons (Fsp3) is 0.167. The van der Waals surface area contributed by atoms with Crippen LogP contribution >= 0.6 is 22.6 Å². The van der Waals surface area contributed by atoms with Gasteiger partial charge in [-0.2, -0.15) is 0 Å². The van der Waals surface area contributed by atoms with Crippen molar-refractivity contribution in [3.63, 3.8) is 0 Å². The van der Waals surface area contributed by atoms with Gasteiger partial charge in [-0.1, -0.05) is 30.3 Å². The molecule has 2 aromatic carbocycles. The number of amides is 1. The van der Waals surface area contributed by atoms with Gasteiger partial charge in [0.05, 0.1) is 5.56 Å². The maximum Gasteiger partial charge on any atom is 0.255 e. The molecule has 0 spiro atoms. The Labute approximate surface area is 142 Å². The van der Waals surface area contributed by atoms with E-state index in [0.717, 1.165) is 27.6 Å². The summed E-state index contributed by atoms with van der Waals surface area (Å²) >= 11 is 2.23. The lowest BCUT2D eigenvalue weighted by atomic mass is 10.0. The summed E-state index contributed by atoms with van der Waals surface area (Å²) in [6.45, 7) is 1.45. The van der Waals surface area contributed by atoms with E-state index in [1.54, 1.807) is 0 Å². The summed E-state index contributed by atoms with van der Waals surface area (Å²) in [6, 6.07) is 16.1. The third-order valence-electron chi connectivity index (χ3n) is 4.27. The first kappa shape index (κ1) is 13.8. The monoisotopic (exact) mass is 402 g/mol. The number of aromatic amines is 1. The van der Waals surface area contributed by atoms with E-state index < -0.39 is 0 Å². The Morgan fingerprint density at radius 1 is 1.09 bits per heavy atom. The molecular formula is C18H15IN2O. The summed E-state index contributed by atoms with van der Waals surface area (Å²) in [4.78, 5) is 18.2. The zero-order chi connectivity index (χ0) is 15.1. The van der Waals surface area contributed by atoms with Crippen LogP contribution in [0.4, 0.5) is 0 Å². The summed E-state index contributed by atoms with van der Waals surface area (Å²) in [7, 11) is 0. The number of para-hydroxylation sites is 1. The maximum atomic E-state index is 12.8. The molecule has 3 nitrogen and oxygen atoms in total. The summed E-state index contributed by atoms with van der Waals surface area (Å²) in [5, 5.41) is 1.23. The first-order valence-corrected chi connectivity index (χ1v) is 8.44. The van der Waals surface area contributed by atoms with E-state index in [1.807, 2.05) is 35.2 Å². The third-order valence-corrected chi connectivity index (χ3v) is 5.21. The number of carbonyl (C=O) groups is 1. The van der Waals surface area contributed by atoms with Gasteiger partial charge in [0.2, 0.25) is 0 Å². The molecule has 0 saturated carbocycles. The Morgan fingerprint density at radius 3 is 2.73 bits per heavy atom. The van der Waals surface area contributed by atoms with Crippen LogP contribution in [0.2, 0.25) is 0 Å². The van der Waals surface area contributed by atoms with Gasteiger partial charge in [0.25, 0.3) is 5.91 Å². The average Bonchev–Trinajstić information content (AvgIpc) is 2.92. The van der Waals surface area contributed by atoms with E-state index in [9.17, 15) is 4.79 Å². The second-order valence-electron chi connectivity index (χ2n) is 5.58. The SMILES string of the molecule is O=C(c1ccccc1I)N1CCc2[nH]c3ccccc3c2C1. The van der Waals surface area contributed by atoms with Crippen LogP contribution in [0.3, 0.4) is 0 Å². The third kappa shape index (κ3) is 2.22. The number of nitrogens with zero attached hydrogens (tertiary/aromatic N) is 1. The highest BCUT2D eigenvalue weighted by Crippen LogP contribution is 2.28. The largest absolute Gasteiger partial charge is 0.358 e. The van der Waals surface area contributed by atoms with Gasteiger partial charge in [-0.05, 0) is 40.8 Å². The molecule has 1 aliphatic heterocycles. The zero-order valence-electron chi connectivity index (χ0n) is 12.0. The fourth-order valence-electron chi connectivity index (χ4n) is 3.14. The molecule has 4 rings (SSSR count). The van der Waals surface area contributed by atoms with Crippen molar-refractivity contribution < 1.29 is 4.79 Å². The van der Waals surface area contributed by atoms with Gasteiger partial charge in [0.15, 0.2) is 0 Å². The number of aromatic nitrogens is 1. The van der Waals surface area contributed by atoms with Gasteiger partial charge in [0, 0.05) is 45.2 Å². The first-order chi connectivity index (χ1) is 10.7. The molecule has 110 valence electrons. The minimum Gasteiger partial charge on any atom is -0.358 e. The van der Waals surface area contributed by atoms with Crippen molar-refractivity contribution in [2.24, 2.45) is 0 Å². The highest BCUT2D eigenvalue weighted by Gasteiger charge is 2.25. The van der Waals surface area contributed by atoms with Gasteiger partial charge >= 0.3 is 0 Å². The summed E-state index contributed by atoms with van der Waals surface area (Å²) in [5.74, 6) is 0.126. The molecule has 0 radical (unpaired) electrons. The number of fused-ring (bicyclic) bond motifs is 3. The molecule has 0 fully saturated rings. The molecule has 0 aliphatic carbocycles. The standard InChI is InChI=1S/C18H15IN2O/c19-15-7-3-1-6-13(15)18(22)21-10-9-17-14(11-21)12-5-2-4-8-16(12)20-17/h1-8,20H,9-11H2. The number of hydrogen-bond acceptors (Lipinski definition) is 1. The highest BCUT2D eigenvalue weighted by atomic mass is 127. The normalized spacial score (nSPS) is 14.1. The van der Waals surface area contributed by atoms with Crippen molar-refractivity contribution in [2.45, 2.75) is 13.0 Å². The number of benzene rings is 2. The highest BCUT2D eigenvalue weighted by molar-refractivity contribution is 14.1. The summed E-state index contributed by atoms with van der Waals surface area (Å²) < 4.78 is 1.01. The predicted molar refractivity (Wildman–Crippen MR) is 95.9 cm³/mol. The van der Waals surface area contributed by atoms with Gasteiger partial charge in [-0.3, -0.25) is 4.79 Å². The van der Waals surface area contributed by atoms with Crippen LogP contribution in [0.25, 0.3) is 10.9 Å². The Balaban J connectivity index is 1.70. The molecule has 1 amide bonds. The van der Waals surface area contributed by atoms with Crippen LogP contribution < -0.4 is 0 Å². The van der Waals surface area contributed by atoms with E-state index >= 15 is 0 Å². The smallest absolute Gasteiger partial charge is 0.255 e. The van der Waals surface area contributed by atoms with E-state index in [0.29, 0.717) is 6.54 Å². The van der Waals surface area contributed by atoms with E-state index in [2.05, 4.69) is 45.8 Å². The molecule has 0 unspecified atom stereocenters. The van der Waals surface area contributed by atoms with Crippen molar-refractivity contribution in [3.8, 4) is 0 Å². The lowest BCUT2D eigenvalue weighted by Gasteiger charge is -2.27. The van der Waals surface area contributed by atoms with Crippen molar-refractivity contribution in [3.05, 3.63) is 68.9 Å². The minimum absolute atomic E-state index is 0.126. The van der Waals surface area contributed by atoms with Crippen molar-refractivity contribution in [1.29, 1.82) is 0 Å². The Hall–Kier alpha value is -1.82. The topological polar surface area (TPSA) is 36.1 Å². The molecule has 0 bridgehead atoms. The number of halogens is 1. The van der Waals surface area contributed by atoms with Crippen molar-refractivity contribution in [2.75, 3.05) is 6.54 Å². The Kier molecular flexibility index (Phi) is 3.41. The van der Waals surface area contributed by atoms with E-state index in [1.165, 1.54) is 16.6 Å². The van der Waals surface area contributed by atoms with Crippen molar-refractivity contribution in [1.82, 2.24) is 9.88 Å². The predicted octanol–water partition coefficient (Wildman–Crippen LogP) is 3.97. The lowest BCUT2D eigenvalue weighted by Crippen LogP contribution is -2.36. The van der Waals surface area contributed by atoms with Crippen LogP contribution in [0.15, 0.2) is 48.5 Å². The molecule has 4 heteroatoms. The number of rotatable bonds is 1. The first-order valence-electron chi connectivity index (χ1n) is 7.36. The number of nitrogens with one attached hydrogen (secondary N) is 1. The molecule has 2 heterocycles. The second kappa shape index (κ2) is 5.43. The van der Waals surface area contributed by atoms with Crippen LogP contribution in [-0.4, -0.2) is 22.3 Å². The van der Waals surface area contributed by atoms with Gasteiger partial charge in [-0.25, -0.2) is 0 Å². The number of carbonyl (C=O) groups excluding carboxylic acids is 1. The van der Waals surface area contributed by atoms with Crippen LogP contribution in [0, 0.1) is 3.57 Å². The molecule has 1 aliphatic rings. The number of hydrogen-bond donors (Lipinski definition) is 1. The maximum absolute atomic E-state index is 12.8. The minimum atomic E-state index is 0.126. The van der Waals surface area contributed by atoms with E-state index in [-0.39, 0.29) is 5.91 Å². The fourth-order valence-corrected chi connectivity index (χ4v) is 3.76. The molecule has 1 aromatic heterocycles. The molecule has 0 atom stereocenters. The van der Waals surface area contributed by atoms with Gasteiger partial charge in [-0.15, -0.1) is 0 Å². The molecule has 3 aromatic rings. The summed E-state index contributed by atoms with van der Waals surface area (Å²) in [5.41, 5.74) is 4.50. The van der Waals surface area contributed by atoms with Gasteiger partial charge < -0.3 is 9.88 Å². The van der Waals surface area contributed by atoms with Crippen LogP contribution in [0.5, 0.6) is 0 Å². The molecule has 1 N–H and O–H groups in total. The Bertz CT molecular complexity index is 868. The molecule has 0 saturated heterocycles. The average molecular weight is 402 g/mol. The quantitative estimate of drug-likeness (QED) is 0.615. The van der Waals surface area contributed by atoms with Crippen molar-refractivity contribution >= 4 is 39.4 Å². The lowest BCUT2D eigenvalue weighted by molar-refractivity contribution is 0.0734. The molecule has 22 heavy (non-hydrogen) atoms. The Morgan fingerprint density at radius 2 is 1.86 bits per heavy atom. The summed E-state index contributed by atoms with van der Waals surface area (Å²) in [6.07, 6.45) is 0.888. The van der Waals surface area contributed by atoms with Gasteiger partial charge in [0.1, 0.15) is 0 Å². The molecular weight excluding hydrogens is 387 g/mol. The second-order valence-corrected chi connectivity index (χ2v) is 6.75. The number of H-pyrrole nitrogens is 1. The van der Waals surface area contributed by atoms with Crippen LogP contribution in [0.1, 0.15) is 21.6 Å². The van der Waals surface area contributed by atoms with E-state index in [4.69, 9.17) is 0 Å².